The summed E-state index contributed by atoms with van der Waals surface area (Å²) >= 11 is 3.49. The van der Waals surface area contributed by atoms with Crippen LogP contribution in [0, 0.1) is 29.6 Å². The van der Waals surface area contributed by atoms with E-state index in [-0.39, 0.29) is 12.9 Å². The van der Waals surface area contributed by atoms with Crippen LogP contribution in [0.4, 0.5) is 0 Å². The number of carbonyl (C=O) groups excluding carboxylic acids is 1. The summed E-state index contributed by atoms with van der Waals surface area (Å²) in [7, 11) is 6.20. The van der Waals surface area contributed by atoms with Crippen LogP contribution < -0.4 is 28.4 Å². The third-order valence-corrected chi connectivity index (χ3v) is 13.8. The number of thioether (sulfide) groups is 2. The predicted octanol–water partition coefficient (Wildman–Crippen LogP) is 6.80. The van der Waals surface area contributed by atoms with Gasteiger partial charge in [0, 0.05) is 5.56 Å². The van der Waals surface area contributed by atoms with Crippen molar-refractivity contribution in [1.29, 1.82) is 0 Å². The van der Waals surface area contributed by atoms with E-state index < -0.39 is 34.3 Å². The molecule has 2 saturated heterocycles. The predicted molar refractivity (Wildman–Crippen MR) is 184 cm³/mol. The van der Waals surface area contributed by atoms with Gasteiger partial charge in [-0.15, -0.1) is 23.5 Å². The molecule has 0 bridgehead atoms. The Morgan fingerprint density at radius 3 is 2.25 bits per heavy atom. The monoisotopic (exact) mass is 704 g/mol. The molecular weight excluding hydrogens is 657 g/mol. The first-order valence-electron chi connectivity index (χ1n) is 16.8. The molecule has 0 unspecified atom stereocenters. The van der Waals surface area contributed by atoms with Gasteiger partial charge < -0.3 is 43.0 Å². The maximum absolute atomic E-state index is 14.3. The van der Waals surface area contributed by atoms with Crippen molar-refractivity contribution in [2.24, 2.45) is 29.6 Å². The summed E-state index contributed by atoms with van der Waals surface area (Å²) < 4.78 is 47.0. The normalized spacial score (nSPS) is 28.6. The minimum atomic E-state index is -1.28. The molecule has 264 valence electrons. The molecule has 2 aromatic rings. The molecule has 2 aromatic carbocycles. The fourth-order valence-corrected chi connectivity index (χ4v) is 11.6. The Balaban J connectivity index is 1.51. The Morgan fingerprint density at radius 1 is 0.938 bits per heavy atom. The second kappa shape index (κ2) is 14.7. The molecular formula is C36H48O10S2. The van der Waals surface area contributed by atoms with Gasteiger partial charge >= 0.3 is 5.97 Å². The van der Waals surface area contributed by atoms with Crippen molar-refractivity contribution in [3.63, 3.8) is 0 Å². The summed E-state index contributed by atoms with van der Waals surface area (Å²) in [5, 5.41) is 12.3. The number of esters is 1. The summed E-state index contributed by atoms with van der Waals surface area (Å²) in [6, 6.07) is 7.28. The van der Waals surface area contributed by atoms with Gasteiger partial charge in [-0.2, -0.15) is 0 Å². The Hall–Kier alpha value is -2.67. The lowest BCUT2D eigenvalue weighted by atomic mass is 9.75. The van der Waals surface area contributed by atoms with E-state index in [9.17, 15) is 9.90 Å². The fourth-order valence-electron chi connectivity index (χ4n) is 7.86. The molecule has 3 heterocycles. The van der Waals surface area contributed by atoms with Crippen LogP contribution in [-0.4, -0.2) is 70.2 Å². The minimum absolute atomic E-state index is 0.0954. The summed E-state index contributed by atoms with van der Waals surface area (Å²) in [5.41, 5.74) is 1.29. The Kier molecular flexibility index (Phi) is 10.7. The SMILES string of the molecule is COc1cc([C@@H](O)[C@H]2C(=O)O[C@@H](O[C@@H]3C[C@H](C)CC[C@H]3C(C)C)[C@@H]2C2(c3ccc4c(c3OC)OCO4)SCCCS2)cc(OC)c1OC. The van der Waals surface area contributed by atoms with E-state index >= 15 is 0 Å². The highest BCUT2D eigenvalue weighted by molar-refractivity contribution is 8.18. The molecule has 3 fully saturated rings. The van der Waals surface area contributed by atoms with E-state index in [1.165, 1.54) is 21.3 Å². The number of methoxy groups -OCH3 is 4. The summed E-state index contributed by atoms with van der Waals surface area (Å²) in [6.45, 7) is 6.82. The van der Waals surface area contributed by atoms with Crippen LogP contribution in [-0.2, 0) is 18.3 Å². The molecule has 10 nitrogen and oxygen atoms in total. The highest BCUT2D eigenvalue weighted by Gasteiger charge is 2.62. The Labute approximate surface area is 291 Å². The zero-order valence-electron chi connectivity index (χ0n) is 28.8. The van der Waals surface area contributed by atoms with Gasteiger partial charge in [-0.25, -0.2) is 0 Å². The van der Waals surface area contributed by atoms with E-state index in [1.807, 2.05) is 12.1 Å². The quantitative estimate of drug-likeness (QED) is 0.249. The van der Waals surface area contributed by atoms with Gasteiger partial charge in [-0.3, -0.25) is 4.79 Å². The summed E-state index contributed by atoms with van der Waals surface area (Å²) in [5.74, 6) is 3.61. The molecule has 0 aromatic heterocycles. The van der Waals surface area contributed by atoms with Gasteiger partial charge in [0.05, 0.1) is 56.6 Å². The number of aliphatic hydroxyl groups excluding tert-OH is 1. The number of fused-ring (bicyclic) bond motifs is 1. The van der Waals surface area contributed by atoms with Gasteiger partial charge in [0.15, 0.2) is 23.0 Å². The number of cyclic esters (lactones) is 1. The minimum Gasteiger partial charge on any atom is -0.493 e. The van der Waals surface area contributed by atoms with Crippen molar-refractivity contribution in [2.45, 2.75) is 69.0 Å². The first-order chi connectivity index (χ1) is 23.2. The standard InChI is InChI=1S/C36H48O10S2/c1-19(2)22-10-9-20(3)15-25(22)45-35-29(28(34(38)46-35)30(37)21-16-26(39-4)32(42-7)27(17-21)40-5)36(47-13-8-14-48-36)23-11-12-24-33(31(23)41-6)44-18-43-24/h11-12,16-17,19-20,22,25,28-30,35,37H,8-10,13-15,18H2,1-7H3/t20-,22+,25-,28+,29-,30-,35-/m1/s1. The number of aliphatic hydroxyl groups is 1. The fraction of sp³-hybridized carbons (Fsp3) is 0.639. The van der Waals surface area contributed by atoms with Crippen LogP contribution in [0.25, 0.3) is 0 Å². The average Bonchev–Trinajstić information content (AvgIpc) is 3.71. The molecule has 7 atom stereocenters. The Bertz CT molecular complexity index is 1440. The molecule has 0 spiro atoms. The average molecular weight is 705 g/mol. The van der Waals surface area contributed by atoms with Crippen molar-refractivity contribution in [3.8, 4) is 34.5 Å². The highest BCUT2D eigenvalue weighted by Crippen LogP contribution is 2.65. The molecule has 0 amide bonds. The molecule has 1 saturated carbocycles. The van der Waals surface area contributed by atoms with Gasteiger partial charge in [0.25, 0.3) is 0 Å². The summed E-state index contributed by atoms with van der Waals surface area (Å²) in [4.78, 5) is 14.3. The molecule has 1 N–H and O–H groups in total. The van der Waals surface area contributed by atoms with E-state index in [4.69, 9.17) is 37.9 Å². The first-order valence-corrected chi connectivity index (χ1v) is 18.7. The molecule has 48 heavy (non-hydrogen) atoms. The third-order valence-electron chi connectivity index (χ3n) is 10.3. The van der Waals surface area contributed by atoms with E-state index in [0.29, 0.717) is 57.8 Å². The maximum Gasteiger partial charge on any atom is 0.314 e. The van der Waals surface area contributed by atoms with Gasteiger partial charge in [0.2, 0.25) is 24.6 Å². The number of hydrogen-bond acceptors (Lipinski definition) is 12. The van der Waals surface area contributed by atoms with E-state index in [0.717, 1.165) is 42.8 Å². The zero-order chi connectivity index (χ0) is 34.2. The van der Waals surface area contributed by atoms with E-state index in [2.05, 4.69) is 20.8 Å². The molecule has 6 rings (SSSR count). The van der Waals surface area contributed by atoms with Gasteiger partial charge in [-0.1, -0.05) is 27.2 Å². The zero-order valence-corrected chi connectivity index (χ0v) is 30.4. The lowest BCUT2D eigenvalue weighted by molar-refractivity contribution is -0.197. The van der Waals surface area contributed by atoms with Crippen LogP contribution >= 0.6 is 23.5 Å². The van der Waals surface area contributed by atoms with Crippen molar-refractivity contribution in [3.05, 3.63) is 35.4 Å². The van der Waals surface area contributed by atoms with E-state index in [1.54, 1.807) is 42.8 Å². The topological polar surface area (TPSA) is 111 Å². The first kappa shape index (κ1) is 35.2. The summed E-state index contributed by atoms with van der Waals surface area (Å²) in [6.07, 6.45) is 1.78. The Morgan fingerprint density at radius 2 is 1.62 bits per heavy atom. The maximum atomic E-state index is 14.3. The van der Waals surface area contributed by atoms with Crippen molar-refractivity contribution in [1.82, 2.24) is 0 Å². The van der Waals surface area contributed by atoms with Crippen LogP contribution in [0.3, 0.4) is 0 Å². The van der Waals surface area contributed by atoms with Gasteiger partial charge in [0.1, 0.15) is 0 Å². The molecule has 1 aliphatic carbocycles. The van der Waals surface area contributed by atoms with Crippen molar-refractivity contribution < 1.29 is 47.8 Å². The molecule has 4 aliphatic rings. The van der Waals surface area contributed by atoms with Crippen LogP contribution in [0.2, 0.25) is 0 Å². The number of benzene rings is 2. The smallest absolute Gasteiger partial charge is 0.314 e. The molecule has 3 aliphatic heterocycles. The third kappa shape index (κ3) is 6.26. The number of rotatable bonds is 11. The molecule has 12 heteroatoms. The number of hydrogen-bond donors (Lipinski definition) is 1. The van der Waals surface area contributed by atoms with Crippen LogP contribution in [0.15, 0.2) is 24.3 Å². The van der Waals surface area contributed by atoms with Crippen molar-refractivity contribution >= 4 is 29.5 Å². The molecule has 0 radical (unpaired) electrons. The lowest BCUT2D eigenvalue weighted by Gasteiger charge is -2.46. The van der Waals surface area contributed by atoms with Gasteiger partial charge in [-0.05, 0) is 78.4 Å². The van der Waals surface area contributed by atoms with Crippen LogP contribution in [0.1, 0.15) is 63.7 Å². The lowest BCUT2D eigenvalue weighted by Crippen LogP contribution is -2.46. The number of ether oxygens (including phenoxy) is 8. The highest BCUT2D eigenvalue weighted by atomic mass is 32.2. The number of carbonyl (C=O) groups is 1. The second-order valence-corrected chi connectivity index (χ2v) is 16.3. The van der Waals surface area contributed by atoms with Crippen LogP contribution in [0.5, 0.6) is 34.5 Å². The largest absolute Gasteiger partial charge is 0.493 e. The second-order valence-electron chi connectivity index (χ2n) is 13.4. The van der Waals surface area contributed by atoms with Crippen molar-refractivity contribution in [2.75, 3.05) is 46.7 Å².